The van der Waals surface area contributed by atoms with Crippen LogP contribution in [0.2, 0.25) is 0 Å². The van der Waals surface area contributed by atoms with Crippen LogP contribution in [0, 0.1) is 0 Å². The Bertz CT molecular complexity index is 2810. The summed E-state index contributed by atoms with van der Waals surface area (Å²) in [6.07, 6.45) is 3.80. The lowest BCUT2D eigenvalue weighted by atomic mass is 10.0. The predicted octanol–water partition coefficient (Wildman–Crippen LogP) is 11.1. The Morgan fingerprint density at radius 3 is 1.70 bits per heavy atom. The highest BCUT2D eigenvalue weighted by Gasteiger charge is 2.18. The van der Waals surface area contributed by atoms with Crippen molar-refractivity contribution in [2.75, 3.05) is 0 Å². The zero-order valence-corrected chi connectivity index (χ0v) is 27.0. The Balaban J connectivity index is 1.07. The molecule has 0 saturated carbocycles. The number of benzene rings is 6. The van der Waals surface area contributed by atoms with Crippen molar-refractivity contribution in [3.63, 3.8) is 0 Å². The predicted molar refractivity (Wildman–Crippen MR) is 205 cm³/mol. The number of hydrogen-bond donors (Lipinski definition) is 0. The van der Waals surface area contributed by atoms with Gasteiger partial charge in [-0.05, 0) is 60.2 Å². The van der Waals surface area contributed by atoms with Gasteiger partial charge in [0.25, 0.3) is 0 Å². The van der Waals surface area contributed by atoms with Gasteiger partial charge in [0, 0.05) is 56.3 Å². The lowest BCUT2D eigenvalue weighted by Gasteiger charge is -2.11. The van der Waals surface area contributed by atoms with Crippen LogP contribution in [0.4, 0.5) is 0 Å². The SMILES string of the molecule is c1ccc(-c2ccc(-c3cccc(-c4ccnc(-n5c6ccccc6c6cc(-n7c8ccccc8c8ccccc87)ccc65)n4)c3)cn2)cc1. The highest BCUT2D eigenvalue weighted by Crippen LogP contribution is 2.37. The van der Waals surface area contributed by atoms with E-state index in [1.54, 1.807) is 0 Å². The maximum atomic E-state index is 5.16. The summed E-state index contributed by atoms with van der Waals surface area (Å²) >= 11 is 0. The summed E-state index contributed by atoms with van der Waals surface area (Å²) in [5.41, 5.74) is 11.7. The van der Waals surface area contributed by atoms with Gasteiger partial charge in [-0.2, -0.15) is 0 Å². The standard InChI is InChI=1S/C45H29N5/c1-2-11-30(12-3-1)39-23-21-33(29-47-39)31-13-10-14-32(27-31)40-25-26-46-45(48-40)50-43-20-9-6-17-37(43)38-28-34(22-24-44(38)50)49-41-18-7-4-15-35(41)36-16-5-8-19-42(36)49/h1-29H. The van der Waals surface area contributed by atoms with Gasteiger partial charge in [0.1, 0.15) is 0 Å². The van der Waals surface area contributed by atoms with Gasteiger partial charge in [-0.3, -0.25) is 9.55 Å². The van der Waals surface area contributed by atoms with Crippen LogP contribution in [0.3, 0.4) is 0 Å². The molecule has 0 aliphatic heterocycles. The second kappa shape index (κ2) is 11.4. The van der Waals surface area contributed by atoms with Crippen LogP contribution >= 0.6 is 0 Å². The minimum atomic E-state index is 0.637. The molecule has 0 atom stereocenters. The normalized spacial score (nSPS) is 11.6. The highest BCUT2D eigenvalue weighted by molar-refractivity contribution is 6.12. The zero-order valence-electron chi connectivity index (χ0n) is 27.0. The third-order valence-electron chi connectivity index (χ3n) is 9.66. The molecule has 0 N–H and O–H groups in total. The minimum Gasteiger partial charge on any atom is -0.309 e. The summed E-state index contributed by atoms with van der Waals surface area (Å²) < 4.78 is 4.55. The number of para-hydroxylation sites is 3. The van der Waals surface area contributed by atoms with E-state index in [-0.39, 0.29) is 0 Å². The quantitative estimate of drug-likeness (QED) is 0.188. The van der Waals surface area contributed by atoms with Crippen LogP contribution < -0.4 is 0 Å². The van der Waals surface area contributed by atoms with E-state index in [9.17, 15) is 0 Å². The molecule has 0 spiro atoms. The van der Waals surface area contributed by atoms with Crippen molar-refractivity contribution >= 4 is 43.6 Å². The monoisotopic (exact) mass is 639 g/mol. The van der Waals surface area contributed by atoms with Gasteiger partial charge in [-0.15, -0.1) is 0 Å². The van der Waals surface area contributed by atoms with Gasteiger partial charge in [0.2, 0.25) is 5.95 Å². The number of rotatable bonds is 5. The summed E-state index contributed by atoms with van der Waals surface area (Å²) in [6.45, 7) is 0. The molecule has 0 radical (unpaired) electrons. The maximum absolute atomic E-state index is 5.16. The first-order valence-electron chi connectivity index (χ1n) is 16.8. The first kappa shape index (κ1) is 28.2. The molecule has 10 rings (SSSR count). The van der Waals surface area contributed by atoms with Crippen LogP contribution in [-0.4, -0.2) is 24.1 Å². The third-order valence-corrected chi connectivity index (χ3v) is 9.66. The van der Waals surface area contributed by atoms with Gasteiger partial charge in [-0.25, -0.2) is 9.97 Å². The average molecular weight is 640 g/mol. The van der Waals surface area contributed by atoms with E-state index in [4.69, 9.17) is 15.0 Å². The minimum absolute atomic E-state index is 0.637. The largest absolute Gasteiger partial charge is 0.309 e. The molecule has 5 heteroatoms. The van der Waals surface area contributed by atoms with Gasteiger partial charge >= 0.3 is 0 Å². The molecule has 4 aromatic heterocycles. The first-order chi connectivity index (χ1) is 24.8. The smallest absolute Gasteiger partial charge is 0.235 e. The Morgan fingerprint density at radius 1 is 0.360 bits per heavy atom. The molecule has 0 aliphatic carbocycles. The molecule has 0 aliphatic rings. The van der Waals surface area contributed by atoms with Crippen molar-refractivity contribution in [3.8, 4) is 45.3 Å². The topological polar surface area (TPSA) is 48.5 Å². The molecule has 4 heterocycles. The van der Waals surface area contributed by atoms with E-state index in [0.29, 0.717) is 5.95 Å². The van der Waals surface area contributed by atoms with Crippen molar-refractivity contribution in [1.29, 1.82) is 0 Å². The molecular weight excluding hydrogens is 611 g/mol. The Morgan fingerprint density at radius 2 is 0.980 bits per heavy atom. The van der Waals surface area contributed by atoms with Crippen LogP contribution in [0.1, 0.15) is 0 Å². The van der Waals surface area contributed by atoms with Crippen molar-refractivity contribution in [3.05, 3.63) is 176 Å². The summed E-state index contributed by atoms with van der Waals surface area (Å²) in [4.78, 5) is 14.7. The summed E-state index contributed by atoms with van der Waals surface area (Å²) in [6, 6.07) is 57.4. The first-order valence-corrected chi connectivity index (χ1v) is 16.8. The fourth-order valence-electron chi connectivity index (χ4n) is 7.34. The van der Waals surface area contributed by atoms with Crippen LogP contribution in [0.15, 0.2) is 176 Å². The summed E-state index contributed by atoms with van der Waals surface area (Å²) in [5.74, 6) is 0.637. The number of nitrogens with zero attached hydrogens (tertiary/aromatic N) is 5. The number of aromatic nitrogens is 5. The van der Waals surface area contributed by atoms with Gasteiger partial charge < -0.3 is 4.57 Å². The van der Waals surface area contributed by atoms with Crippen molar-refractivity contribution < 1.29 is 0 Å². The second-order valence-electron chi connectivity index (χ2n) is 12.5. The molecule has 234 valence electrons. The number of fused-ring (bicyclic) bond motifs is 6. The van der Waals surface area contributed by atoms with E-state index in [1.165, 1.54) is 21.8 Å². The van der Waals surface area contributed by atoms with Crippen LogP contribution in [0.5, 0.6) is 0 Å². The molecule has 5 nitrogen and oxygen atoms in total. The van der Waals surface area contributed by atoms with Gasteiger partial charge in [0.05, 0.1) is 33.5 Å². The number of hydrogen-bond acceptors (Lipinski definition) is 3. The molecule has 0 fully saturated rings. The lowest BCUT2D eigenvalue weighted by molar-refractivity contribution is 0.992. The third kappa shape index (κ3) is 4.52. The average Bonchev–Trinajstić information content (AvgIpc) is 3.71. The maximum Gasteiger partial charge on any atom is 0.235 e. The fourth-order valence-corrected chi connectivity index (χ4v) is 7.34. The summed E-state index contributed by atoms with van der Waals surface area (Å²) in [5, 5.41) is 4.82. The molecule has 0 bridgehead atoms. The Labute approximate surface area is 288 Å². The molecule has 0 amide bonds. The molecular formula is C45H29N5. The lowest BCUT2D eigenvalue weighted by Crippen LogP contribution is -2.02. The molecule has 6 aromatic carbocycles. The van der Waals surface area contributed by atoms with Crippen molar-refractivity contribution in [2.45, 2.75) is 0 Å². The number of pyridine rings is 1. The van der Waals surface area contributed by atoms with Crippen LogP contribution in [-0.2, 0) is 0 Å². The van der Waals surface area contributed by atoms with Gasteiger partial charge in [-0.1, -0.05) is 109 Å². The molecule has 50 heavy (non-hydrogen) atoms. The van der Waals surface area contributed by atoms with Crippen molar-refractivity contribution in [1.82, 2.24) is 24.1 Å². The Kier molecular flexibility index (Phi) is 6.42. The highest BCUT2D eigenvalue weighted by atomic mass is 15.2. The van der Waals surface area contributed by atoms with Gasteiger partial charge in [0.15, 0.2) is 0 Å². The van der Waals surface area contributed by atoms with E-state index in [0.717, 1.165) is 61.1 Å². The second-order valence-corrected chi connectivity index (χ2v) is 12.5. The zero-order chi connectivity index (χ0) is 33.0. The van der Waals surface area contributed by atoms with Crippen LogP contribution in [0.25, 0.3) is 88.9 Å². The van der Waals surface area contributed by atoms with E-state index in [1.807, 2.05) is 36.7 Å². The van der Waals surface area contributed by atoms with Crippen molar-refractivity contribution in [2.24, 2.45) is 0 Å². The molecule has 10 aromatic rings. The molecule has 0 saturated heterocycles. The van der Waals surface area contributed by atoms with E-state index in [2.05, 4.69) is 149 Å². The van der Waals surface area contributed by atoms with E-state index >= 15 is 0 Å². The Hall–Kier alpha value is -6.85. The summed E-state index contributed by atoms with van der Waals surface area (Å²) in [7, 11) is 0. The van der Waals surface area contributed by atoms with E-state index < -0.39 is 0 Å². The fraction of sp³-hybridized carbons (Fsp3) is 0. The molecule has 0 unspecified atom stereocenters.